The summed E-state index contributed by atoms with van der Waals surface area (Å²) in [6, 6.07) is 11.8. The zero-order chi connectivity index (χ0) is 25.4. The van der Waals surface area contributed by atoms with Crippen molar-refractivity contribution < 1.29 is 0 Å². The first-order valence-corrected chi connectivity index (χ1v) is 12.4. The minimum absolute atomic E-state index is 0. The first-order chi connectivity index (χ1) is 18.1. The van der Waals surface area contributed by atoms with Crippen LogP contribution in [-0.4, -0.2) is 53.0 Å². The third-order valence-electron chi connectivity index (χ3n) is 6.71. The fourth-order valence-corrected chi connectivity index (χ4v) is 5.02. The number of nitrogens with zero attached hydrogens (tertiary/aromatic N) is 8. The number of nitrogens with two attached hydrogens (primary N) is 1. The molecule has 4 aromatic heterocycles. The third kappa shape index (κ3) is 4.51. The number of pyridine rings is 1. The monoisotopic (exact) mass is 529 g/mol. The Morgan fingerprint density at radius 3 is 2.76 bits per heavy atom. The summed E-state index contributed by atoms with van der Waals surface area (Å²) >= 11 is 0. The van der Waals surface area contributed by atoms with Crippen LogP contribution >= 0.6 is 12.4 Å². The van der Waals surface area contributed by atoms with Gasteiger partial charge in [-0.15, -0.1) is 18.3 Å². The van der Waals surface area contributed by atoms with Gasteiger partial charge in [-0.25, -0.2) is 14.6 Å². The maximum atomic E-state index is 13.8. The van der Waals surface area contributed by atoms with E-state index in [1.165, 1.54) is 4.68 Å². The fourth-order valence-electron chi connectivity index (χ4n) is 5.02. The molecular weight excluding hydrogens is 502 g/mol. The molecule has 0 aliphatic carbocycles. The molecule has 5 aromatic rings. The normalized spacial score (nSPS) is 15.3. The van der Waals surface area contributed by atoms with Crippen molar-refractivity contribution in [1.82, 2.24) is 33.9 Å². The molecule has 1 aliphatic heterocycles. The van der Waals surface area contributed by atoms with Crippen LogP contribution in [0.5, 0.6) is 0 Å². The van der Waals surface area contributed by atoms with Crippen LogP contribution in [0.1, 0.15) is 25.6 Å². The molecule has 10 nitrogen and oxygen atoms in total. The van der Waals surface area contributed by atoms with E-state index in [4.69, 9.17) is 15.7 Å². The minimum atomic E-state index is -0.236. The van der Waals surface area contributed by atoms with Crippen LogP contribution in [0.15, 0.2) is 59.8 Å². The molecule has 6 rings (SSSR count). The summed E-state index contributed by atoms with van der Waals surface area (Å²) in [7, 11) is 0. The summed E-state index contributed by atoms with van der Waals surface area (Å²) in [6.45, 7) is 3.87. The molecule has 1 atom stereocenters. The standard InChI is InChI=1S/C27H27N9O.ClH/c1-2-3-14-34-25-22(32-27(34)33-13-7-8-19(28)17-33)16-30-35(26(25)37)18-24-31-21-10-4-5-11-23(21)36(24)20-9-6-12-29-15-20;/h4-6,9-12,15-16,19H,7-8,13-14,17-18,28H2,1H3;1H/t19-;/m1./s1. The Balaban J connectivity index is 0.00000294. The number of benzene rings is 1. The van der Waals surface area contributed by atoms with E-state index in [1.807, 2.05) is 45.5 Å². The van der Waals surface area contributed by atoms with Crippen LogP contribution in [0.4, 0.5) is 5.95 Å². The van der Waals surface area contributed by atoms with Gasteiger partial charge in [-0.2, -0.15) is 5.10 Å². The molecule has 0 unspecified atom stereocenters. The van der Waals surface area contributed by atoms with E-state index in [0.717, 1.165) is 36.1 Å². The molecule has 0 amide bonds. The second-order valence-electron chi connectivity index (χ2n) is 9.18. The molecule has 0 saturated carbocycles. The quantitative estimate of drug-likeness (QED) is 0.348. The summed E-state index contributed by atoms with van der Waals surface area (Å²) in [6.07, 6.45) is 7.13. The van der Waals surface area contributed by atoms with E-state index >= 15 is 0 Å². The van der Waals surface area contributed by atoms with Crippen molar-refractivity contribution in [3.8, 4) is 17.5 Å². The largest absolute Gasteiger partial charge is 0.341 e. The first kappa shape index (κ1) is 25.4. The number of hydrogen-bond donors (Lipinski definition) is 1. The molecule has 0 bridgehead atoms. The average molecular weight is 530 g/mol. The summed E-state index contributed by atoms with van der Waals surface area (Å²) < 4.78 is 5.36. The maximum absolute atomic E-state index is 13.8. The lowest BCUT2D eigenvalue weighted by molar-refractivity contribution is 0.496. The van der Waals surface area contributed by atoms with Crippen LogP contribution < -0.4 is 16.2 Å². The number of halogens is 1. The lowest BCUT2D eigenvalue weighted by atomic mass is 10.1. The van der Waals surface area contributed by atoms with Crippen LogP contribution in [0.3, 0.4) is 0 Å². The molecule has 0 spiro atoms. The first-order valence-electron chi connectivity index (χ1n) is 12.4. The second kappa shape index (κ2) is 10.7. The lowest BCUT2D eigenvalue weighted by Gasteiger charge is -2.31. The Morgan fingerprint density at radius 2 is 1.97 bits per heavy atom. The van der Waals surface area contributed by atoms with Crippen molar-refractivity contribution in [2.45, 2.75) is 38.9 Å². The maximum Gasteiger partial charge on any atom is 0.293 e. The Labute approximate surface area is 225 Å². The van der Waals surface area contributed by atoms with Gasteiger partial charge in [0.25, 0.3) is 5.56 Å². The minimum Gasteiger partial charge on any atom is -0.341 e. The van der Waals surface area contributed by atoms with Gasteiger partial charge in [0.15, 0.2) is 0 Å². The number of piperidine rings is 1. The summed E-state index contributed by atoms with van der Waals surface area (Å²) in [5.74, 6) is 7.44. The van der Waals surface area contributed by atoms with Gasteiger partial charge in [0, 0.05) is 25.3 Å². The highest BCUT2D eigenvalue weighted by Crippen LogP contribution is 2.24. The van der Waals surface area contributed by atoms with E-state index in [0.29, 0.717) is 35.9 Å². The van der Waals surface area contributed by atoms with Gasteiger partial charge in [-0.3, -0.25) is 18.9 Å². The number of anilines is 1. The van der Waals surface area contributed by atoms with Gasteiger partial charge in [0.05, 0.1) is 35.7 Å². The number of rotatable bonds is 5. The highest BCUT2D eigenvalue weighted by molar-refractivity contribution is 5.85. The molecule has 5 heterocycles. The smallest absolute Gasteiger partial charge is 0.293 e. The van der Waals surface area contributed by atoms with Crippen molar-refractivity contribution >= 4 is 40.4 Å². The Bertz CT molecular complexity index is 1710. The van der Waals surface area contributed by atoms with E-state index in [9.17, 15) is 4.79 Å². The van der Waals surface area contributed by atoms with E-state index in [2.05, 4.69) is 26.8 Å². The van der Waals surface area contributed by atoms with Gasteiger partial charge in [0.1, 0.15) is 23.4 Å². The van der Waals surface area contributed by atoms with Crippen molar-refractivity contribution in [2.75, 3.05) is 18.0 Å². The zero-order valence-electron chi connectivity index (χ0n) is 21.0. The molecule has 38 heavy (non-hydrogen) atoms. The van der Waals surface area contributed by atoms with Gasteiger partial charge in [-0.1, -0.05) is 18.1 Å². The van der Waals surface area contributed by atoms with Gasteiger partial charge >= 0.3 is 0 Å². The highest BCUT2D eigenvalue weighted by atomic mass is 35.5. The topological polar surface area (TPSA) is 113 Å². The van der Waals surface area contributed by atoms with Crippen molar-refractivity contribution in [3.63, 3.8) is 0 Å². The summed E-state index contributed by atoms with van der Waals surface area (Å²) in [5.41, 5.74) is 9.68. The number of aromatic nitrogens is 7. The predicted octanol–water partition coefficient (Wildman–Crippen LogP) is 2.75. The summed E-state index contributed by atoms with van der Waals surface area (Å²) in [4.78, 5) is 29.9. The van der Waals surface area contributed by atoms with Crippen LogP contribution in [0.2, 0.25) is 0 Å². The molecule has 1 fully saturated rings. The van der Waals surface area contributed by atoms with Crippen LogP contribution in [-0.2, 0) is 13.1 Å². The number of para-hydroxylation sites is 2. The SMILES string of the molecule is CC#CCn1c(N2CCC[C@@H](N)C2)nc2cnn(Cc3nc4ccccc4n3-c3cccnc3)c(=O)c21.Cl. The van der Waals surface area contributed by atoms with E-state index in [1.54, 1.807) is 25.5 Å². The lowest BCUT2D eigenvalue weighted by Crippen LogP contribution is -2.44. The van der Waals surface area contributed by atoms with Crippen LogP contribution in [0.25, 0.3) is 27.8 Å². The van der Waals surface area contributed by atoms with Gasteiger partial charge < -0.3 is 10.6 Å². The average Bonchev–Trinajstić information content (AvgIpc) is 3.48. The molecule has 2 N–H and O–H groups in total. The zero-order valence-corrected chi connectivity index (χ0v) is 21.8. The molecule has 1 saturated heterocycles. The molecule has 1 aliphatic rings. The molecule has 194 valence electrons. The van der Waals surface area contributed by atoms with Crippen molar-refractivity contribution in [2.24, 2.45) is 5.73 Å². The highest BCUT2D eigenvalue weighted by Gasteiger charge is 2.25. The molecular formula is C27H28ClN9O. The van der Waals surface area contributed by atoms with Gasteiger partial charge in [-0.05, 0) is 44.0 Å². The van der Waals surface area contributed by atoms with E-state index in [-0.39, 0.29) is 30.6 Å². The molecule has 11 heteroatoms. The summed E-state index contributed by atoms with van der Waals surface area (Å²) in [5, 5.41) is 4.48. The van der Waals surface area contributed by atoms with Crippen molar-refractivity contribution in [3.05, 3.63) is 71.2 Å². The van der Waals surface area contributed by atoms with E-state index < -0.39 is 0 Å². The number of hydrogen-bond acceptors (Lipinski definition) is 7. The second-order valence-corrected chi connectivity index (χ2v) is 9.18. The predicted molar refractivity (Wildman–Crippen MR) is 150 cm³/mol. The third-order valence-corrected chi connectivity index (χ3v) is 6.71. The Morgan fingerprint density at radius 1 is 1.11 bits per heavy atom. The number of fused-ring (bicyclic) bond motifs is 2. The van der Waals surface area contributed by atoms with Crippen LogP contribution in [0, 0.1) is 11.8 Å². The van der Waals surface area contributed by atoms with Gasteiger partial charge in [0.2, 0.25) is 5.95 Å². The molecule has 0 radical (unpaired) electrons. The molecule has 1 aromatic carbocycles. The Kier molecular flexibility index (Phi) is 7.13. The fraction of sp³-hybridized carbons (Fsp3) is 0.296. The Hall–Kier alpha value is -4.20. The number of imidazole rings is 2. The van der Waals surface area contributed by atoms with Crippen molar-refractivity contribution in [1.29, 1.82) is 0 Å².